The quantitative estimate of drug-likeness (QED) is 0.647. The van der Waals surface area contributed by atoms with E-state index < -0.39 is 15.4 Å². The van der Waals surface area contributed by atoms with Gasteiger partial charge in [-0.15, -0.1) is 0 Å². The van der Waals surface area contributed by atoms with E-state index in [4.69, 9.17) is 9.47 Å². The van der Waals surface area contributed by atoms with Gasteiger partial charge in [0.25, 0.3) is 0 Å². The van der Waals surface area contributed by atoms with E-state index >= 15 is 0 Å². The number of hydrogen-bond donors (Lipinski definition) is 0. The van der Waals surface area contributed by atoms with Crippen molar-refractivity contribution < 1.29 is 22.7 Å². The molecule has 7 heteroatoms. The lowest BCUT2D eigenvalue weighted by molar-refractivity contribution is -0.162. The molecule has 0 aliphatic carbocycles. The molecule has 0 bridgehead atoms. The Hall–Kier alpha value is -1.44. The normalized spacial score (nSPS) is 23.2. The monoisotopic (exact) mass is 409 g/mol. The zero-order valence-electron chi connectivity index (χ0n) is 16.6. The molecular weight excluding hydrogens is 378 g/mol. The van der Waals surface area contributed by atoms with Gasteiger partial charge >= 0.3 is 5.97 Å². The third-order valence-electron chi connectivity index (χ3n) is 5.87. The summed E-state index contributed by atoms with van der Waals surface area (Å²) in [5, 5.41) is 0. The Labute approximate surface area is 168 Å². The highest BCUT2D eigenvalue weighted by molar-refractivity contribution is 7.88. The number of benzene rings is 1. The van der Waals surface area contributed by atoms with Crippen LogP contribution in [-0.2, 0) is 30.0 Å². The number of hydrogen-bond acceptors (Lipinski definition) is 5. The summed E-state index contributed by atoms with van der Waals surface area (Å²) < 4.78 is 38.4. The van der Waals surface area contributed by atoms with Crippen molar-refractivity contribution in [3.05, 3.63) is 35.9 Å². The average Bonchev–Trinajstić information content (AvgIpc) is 2.70. The zero-order chi connectivity index (χ0) is 20.0. The number of piperidine rings is 1. The fourth-order valence-corrected chi connectivity index (χ4v) is 5.78. The minimum Gasteiger partial charge on any atom is -0.466 e. The van der Waals surface area contributed by atoms with E-state index in [1.165, 1.54) is 4.31 Å². The highest BCUT2D eigenvalue weighted by Gasteiger charge is 2.46. The van der Waals surface area contributed by atoms with Crippen LogP contribution in [0, 0.1) is 5.41 Å². The molecule has 1 aromatic carbocycles. The zero-order valence-corrected chi connectivity index (χ0v) is 17.5. The van der Waals surface area contributed by atoms with Gasteiger partial charge in [0.15, 0.2) is 0 Å². The molecule has 156 valence electrons. The van der Waals surface area contributed by atoms with Crippen LogP contribution in [0.3, 0.4) is 0 Å². The Morgan fingerprint density at radius 1 is 1.21 bits per heavy atom. The topological polar surface area (TPSA) is 72.9 Å². The molecule has 2 aliphatic rings. The highest BCUT2D eigenvalue weighted by atomic mass is 32.2. The first-order valence-electron chi connectivity index (χ1n) is 10.3. The molecule has 2 saturated heterocycles. The standard InChI is InChI=1S/C21H31NO5S/c1-2-26-20(23)21(16-19-10-6-7-15-27-19)11-13-22(14-12-21)28(24,25)17-18-8-4-3-5-9-18/h3-5,8-9,19H,2,6-7,10-17H2,1H3. The summed E-state index contributed by atoms with van der Waals surface area (Å²) in [5.74, 6) is -0.212. The lowest BCUT2D eigenvalue weighted by Crippen LogP contribution is -2.49. The molecule has 0 radical (unpaired) electrons. The Bertz CT molecular complexity index is 735. The van der Waals surface area contributed by atoms with Crippen molar-refractivity contribution in [3.8, 4) is 0 Å². The van der Waals surface area contributed by atoms with Gasteiger partial charge in [0, 0.05) is 19.7 Å². The van der Waals surface area contributed by atoms with Crippen LogP contribution in [0.25, 0.3) is 0 Å². The lowest BCUT2D eigenvalue weighted by Gasteiger charge is -2.41. The molecule has 6 nitrogen and oxygen atoms in total. The van der Waals surface area contributed by atoms with Gasteiger partial charge in [0.2, 0.25) is 10.0 Å². The van der Waals surface area contributed by atoms with Crippen molar-refractivity contribution in [1.82, 2.24) is 4.31 Å². The lowest BCUT2D eigenvalue weighted by atomic mass is 9.73. The highest BCUT2D eigenvalue weighted by Crippen LogP contribution is 2.40. The first-order valence-corrected chi connectivity index (χ1v) is 11.9. The van der Waals surface area contributed by atoms with Crippen molar-refractivity contribution in [2.45, 2.75) is 57.3 Å². The fraction of sp³-hybridized carbons (Fsp3) is 0.667. The summed E-state index contributed by atoms with van der Waals surface area (Å²) in [6, 6.07) is 9.21. The Morgan fingerprint density at radius 2 is 1.93 bits per heavy atom. The molecule has 3 rings (SSSR count). The summed E-state index contributed by atoms with van der Waals surface area (Å²) >= 11 is 0. The molecule has 0 spiro atoms. The summed E-state index contributed by atoms with van der Waals surface area (Å²) in [4.78, 5) is 12.8. The molecule has 28 heavy (non-hydrogen) atoms. The van der Waals surface area contributed by atoms with Crippen molar-refractivity contribution in [2.24, 2.45) is 5.41 Å². The molecule has 0 amide bonds. The minimum atomic E-state index is -3.41. The van der Waals surface area contributed by atoms with Crippen LogP contribution in [-0.4, -0.2) is 51.1 Å². The second-order valence-electron chi connectivity index (χ2n) is 7.83. The molecule has 1 aromatic rings. The summed E-state index contributed by atoms with van der Waals surface area (Å²) in [5.41, 5.74) is 0.136. The van der Waals surface area contributed by atoms with E-state index in [2.05, 4.69) is 0 Å². The largest absolute Gasteiger partial charge is 0.466 e. The average molecular weight is 410 g/mol. The first-order chi connectivity index (χ1) is 13.5. The number of nitrogens with zero attached hydrogens (tertiary/aromatic N) is 1. The number of sulfonamides is 1. The number of esters is 1. The number of carbonyl (C=O) groups is 1. The van der Waals surface area contributed by atoms with Gasteiger partial charge in [-0.05, 0) is 51.0 Å². The molecular formula is C21H31NO5S. The molecule has 0 N–H and O–H groups in total. The Morgan fingerprint density at radius 3 is 2.54 bits per heavy atom. The summed E-state index contributed by atoms with van der Waals surface area (Å²) in [6.45, 7) is 3.58. The summed E-state index contributed by atoms with van der Waals surface area (Å²) in [7, 11) is -3.41. The van der Waals surface area contributed by atoms with E-state index in [1.807, 2.05) is 37.3 Å². The third-order valence-corrected chi connectivity index (χ3v) is 7.72. The molecule has 1 atom stereocenters. The van der Waals surface area contributed by atoms with E-state index in [9.17, 15) is 13.2 Å². The predicted octanol–water partition coefficient (Wildman–Crippen LogP) is 3.12. The van der Waals surface area contributed by atoms with Crippen LogP contribution in [0.15, 0.2) is 30.3 Å². The fourth-order valence-electron chi connectivity index (χ4n) is 4.25. The van der Waals surface area contributed by atoms with Crippen LogP contribution in [0.5, 0.6) is 0 Å². The van der Waals surface area contributed by atoms with Crippen molar-refractivity contribution in [3.63, 3.8) is 0 Å². The van der Waals surface area contributed by atoms with Crippen LogP contribution in [0.4, 0.5) is 0 Å². The van der Waals surface area contributed by atoms with Gasteiger partial charge in [-0.25, -0.2) is 12.7 Å². The van der Waals surface area contributed by atoms with Gasteiger partial charge in [0.1, 0.15) is 0 Å². The van der Waals surface area contributed by atoms with Gasteiger partial charge in [-0.1, -0.05) is 30.3 Å². The summed E-state index contributed by atoms with van der Waals surface area (Å²) in [6.07, 6.45) is 4.79. The maximum absolute atomic E-state index is 12.8. The molecule has 0 aromatic heterocycles. The number of carbonyl (C=O) groups excluding carboxylic acids is 1. The van der Waals surface area contributed by atoms with Crippen molar-refractivity contribution in [2.75, 3.05) is 26.3 Å². The third kappa shape index (κ3) is 5.13. The second-order valence-corrected chi connectivity index (χ2v) is 9.80. The van der Waals surface area contributed by atoms with Crippen LogP contribution < -0.4 is 0 Å². The van der Waals surface area contributed by atoms with E-state index in [0.29, 0.717) is 39.0 Å². The van der Waals surface area contributed by atoms with Crippen molar-refractivity contribution in [1.29, 1.82) is 0 Å². The minimum absolute atomic E-state index is 0.00795. The molecule has 2 fully saturated rings. The first kappa shape index (κ1) is 21.3. The van der Waals surface area contributed by atoms with Gasteiger partial charge in [-0.2, -0.15) is 0 Å². The smallest absolute Gasteiger partial charge is 0.312 e. The van der Waals surface area contributed by atoms with Crippen molar-refractivity contribution >= 4 is 16.0 Å². The number of rotatable bonds is 7. The van der Waals surface area contributed by atoms with Gasteiger partial charge in [-0.3, -0.25) is 4.79 Å². The maximum Gasteiger partial charge on any atom is 0.312 e. The molecule has 2 heterocycles. The van der Waals surface area contributed by atoms with E-state index in [0.717, 1.165) is 31.4 Å². The molecule has 2 aliphatic heterocycles. The van der Waals surface area contributed by atoms with Gasteiger partial charge < -0.3 is 9.47 Å². The second kappa shape index (κ2) is 9.37. The van der Waals surface area contributed by atoms with E-state index in [1.54, 1.807) is 0 Å². The van der Waals surface area contributed by atoms with Crippen LogP contribution in [0.1, 0.15) is 51.0 Å². The number of ether oxygens (including phenoxy) is 2. The van der Waals surface area contributed by atoms with Crippen LogP contribution >= 0.6 is 0 Å². The van der Waals surface area contributed by atoms with Crippen LogP contribution in [0.2, 0.25) is 0 Å². The molecule has 1 unspecified atom stereocenters. The Kier molecular flexibility index (Phi) is 7.12. The van der Waals surface area contributed by atoms with E-state index in [-0.39, 0.29) is 17.8 Å². The van der Waals surface area contributed by atoms with Gasteiger partial charge in [0.05, 0.1) is 23.9 Å². The Balaban J connectivity index is 1.68. The molecule has 0 saturated carbocycles. The predicted molar refractivity (Wildman–Crippen MR) is 107 cm³/mol. The SMILES string of the molecule is CCOC(=O)C1(CC2CCCCO2)CCN(S(=O)(=O)Cc2ccccc2)CC1. The maximum atomic E-state index is 12.8.